The van der Waals surface area contributed by atoms with Crippen LogP contribution in [0.1, 0.15) is 146 Å². The van der Waals surface area contributed by atoms with E-state index in [0.29, 0.717) is 43.4 Å². The van der Waals surface area contributed by atoms with Crippen molar-refractivity contribution in [1.29, 1.82) is 0 Å². The Bertz CT molecular complexity index is 1660. The van der Waals surface area contributed by atoms with E-state index in [1.165, 1.54) is 77.0 Å². The van der Waals surface area contributed by atoms with Gasteiger partial charge in [-0.1, -0.05) is 138 Å². The molecule has 4 aliphatic carbocycles. The van der Waals surface area contributed by atoms with Crippen LogP contribution in [0.5, 0.6) is 0 Å². The second-order valence-corrected chi connectivity index (χ2v) is 19.2. The van der Waals surface area contributed by atoms with Gasteiger partial charge in [-0.25, -0.2) is 4.79 Å². The molecule has 0 spiro atoms. The highest BCUT2D eigenvalue weighted by Crippen LogP contribution is 2.54. The highest BCUT2D eigenvalue weighted by Gasteiger charge is 2.66. The molecule has 8 aliphatic rings. The average molecular weight is 795 g/mol. The predicted octanol–water partition coefficient (Wildman–Crippen LogP) is 9.87. The number of amides is 2. The van der Waals surface area contributed by atoms with Crippen LogP contribution in [-0.2, 0) is 35.0 Å². The molecule has 9 heteroatoms. The van der Waals surface area contributed by atoms with Gasteiger partial charge in [0.05, 0.1) is 19.3 Å². The van der Waals surface area contributed by atoms with Gasteiger partial charge in [-0.3, -0.25) is 9.69 Å². The van der Waals surface area contributed by atoms with E-state index in [4.69, 9.17) is 23.7 Å². The van der Waals surface area contributed by atoms with Gasteiger partial charge in [-0.2, -0.15) is 0 Å². The zero-order chi connectivity index (χ0) is 39.1. The molecule has 0 radical (unpaired) electrons. The summed E-state index contributed by atoms with van der Waals surface area (Å²) < 4.78 is 35.9. The number of carbonyl (C=O) groups excluding carboxylic acids is 2. The van der Waals surface area contributed by atoms with E-state index in [-0.39, 0.29) is 11.9 Å². The molecule has 2 aromatic carbocycles. The Labute approximate surface area is 345 Å². The molecule has 58 heavy (non-hydrogen) atoms. The Morgan fingerprint density at radius 1 is 0.534 bits per heavy atom. The van der Waals surface area contributed by atoms with Crippen molar-refractivity contribution in [2.45, 2.75) is 183 Å². The number of hydrogen-bond acceptors (Lipinski definition) is 7. The molecular formula is C49H66N2O7. The van der Waals surface area contributed by atoms with Gasteiger partial charge < -0.3 is 28.6 Å². The first kappa shape index (κ1) is 39.2. The average Bonchev–Trinajstić information content (AvgIpc) is 4.03. The highest BCUT2D eigenvalue weighted by molar-refractivity contribution is 5.93. The van der Waals surface area contributed by atoms with Gasteiger partial charge in [0.1, 0.15) is 24.3 Å². The van der Waals surface area contributed by atoms with E-state index in [1.807, 2.05) is 41.3 Å². The summed E-state index contributed by atoms with van der Waals surface area (Å²) in [4.78, 5) is 33.3. The lowest BCUT2D eigenvalue weighted by molar-refractivity contribution is -0.261. The smallest absolute Gasteiger partial charge is 0.411 e. The summed E-state index contributed by atoms with van der Waals surface area (Å²) in [5, 5.41) is 0. The lowest BCUT2D eigenvalue weighted by Gasteiger charge is -2.52. The summed E-state index contributed by atoms with van der Waals surface area (Å²) in [5.74, 6) is -0.108. The van der Waals surface area contributed by atoms with Crippen LogP contribution in [0.4, 0.5) is 4.79 Å². The molecule has 6 atom stereocenters. The highest BCUT2D eigenvalue weighted by atomic mass is 16.8. The number of rotatable bonds is 10. The van der Waals surface area contributed by atoms with Gasteiger partial charge >= 0.3 is 6.09 Å². The molecule has 9 nitrogen and oxygen atoms in total. The van der Waals surface area contributed by atoms with E-state index in [9.17, 15) is 9.59 Å². The van der Waals surface area contributed by atoms with Crippen LogP contribution in [0.2, 0.25) is 0 Å². The maximum absolute atomic E-state index is 14.8. The Kier molecular flexibility index (Phi) is 11.4. The fraction of sp³-hybridized carbons (Fsp3) is 0.714. The number of cyclic esters (lactones) is 1. The minimum Gasteiger partial charge on any atom is -0.441 e. The van der Waals surface area contributed by atoms with Gasteiger partial charge in [0.15, 0.2) is 17.7 Å². The molecule has 4 saturated heterocycles. The molecule has 0 N–H and O–H groups in total. The zero-order valence-electron chi connectivity index (χ0n) is 34.6. The number of likely N-dealkylation sites (tertiary alicyclic amines) is 1. The summed E-state index contributed by atoms with van der Waals surface area (Å²) in [5.41, 5.74) is 2.07. The lowest BCUT2D eigenvalue weighted by Crippen LogP contribution is -2.68. The van der Waals surface area contributed by atoms with E-state index in [0.717, 1.165) is 62.5 Å². The van der Waals surface area contributed by atoms with Crippen molar-refractivity contribution < 1.29 is 33.3 Å². The summed E-state index contributed by atoms with van der Waals surface area (Å²) in [7, 11) is 0. The summed E-state index contributed by atoms with van der Waals surface area (Å²) in [6.07, 6.45) is 21.5. The van der Waals surface area contributed by atoms with Crippen LogP contribution in [0.15, 0.2) is 60.7 Å². The number of carbonyl (C=O) groups is 2. The fourth-order valence-corrected chi connectivity index (χ4v) is 13.2. The van der Waals surface area contributed by atoms with Crippen molar-refractivity contribution in [3.63, 3.8) is 0 Å². The number of hydrogen-bond donors (Lipinski definition) is 0. The molecule has 0 unspecified atom stereocenters. The topological polar surface area (TPSA) is 86.8 Å². The first-order chi connectivity index (χ1) is 28.6. The van der Waals surface area contributed by atoms with Crippen LogP contribution in [0.3, 0.4) is 0 Å². The van der Waals surface area contributed by atoms with Crippen molar-refractivity contribution in [2.75, 3.05) is 13.2 Å². The van der Waals surface area contributed by atoms with Gasteiger partial charge in [-0.15, -0.1) is 0 Å². The van der Waals surface area contributed by atoms with Crippen molar-refractivity contribution in [3.05, 3.63) is 71.8 Å². The number of nitrogens with zero attached hydrogens (tertiary/aromatic N) is 2. The van der Waals surface area contributed by atoms with Crippen molar-refractivity contribution in [1.82, 2.24) is 9.80 Å². The molecule has 4 heterocycles. The van der Waals surface area contributed by atoms with E-state index >= 15 is 0 Å². The van der Waals surface area contributed by atoms with Gasteiger partial charge in [0.2, 0.25) is 5.91 Å². The van der Waals surface area contributed by atoms with Crippen LogP contribution < -0.4 is 0 Å². The van der Waals surface area contributed by atoms with Crippen molar-refractivity contribution in [3.8, 4) is 0 Å². The number of β-lactam (4-membered cyclic amide) rings is 1. The summed E-state index contributed by atoms with van der Waals surface area (Å²) in [6, 6.07) is 18.7. The standard InChI is InChI=1S/C49H66N2O7/c52-46-44(42(35-21-9-2-10-22-35)50(46)31-34-19-7-1-8-20-34)51-43(40-32-54-48(57-40,36-23-11-3-12-24-36)37-25-13-4-14-26-37)45(56-47(51)53)41-33-55-49(58-41,38-27-15-5-16-28-38)39-29-17-6-18-30-39/h1-2,7-10,19-22,36-45H,3-6,11-18,23-33H2/t40-,41-,42-,43-,44+,45-/m1/s1. The lowest BCUT2D eigenvalue weighted by atomic mass is 9.72. The minimum absolute atomic E-state index is 0.0626. The minimum atomic E-state index is -0.736. The molecule has 4 saturated carbocycles. The third-order valence-electron chi connectivity index (χ3n) is 16.0. The first-order valence-corrected chi connectivity index (χ1v) is 23.6. The molecular weight excluding hydrogens is 729 g/mol. The maximum atomic E-state index is 14.8. The van der Waals surface area contributed by atoms with Crippen LogP contribution in [0.25, 0.3) is 0 Å². The molecule has 8 fully saturated rings. The second-order valence-electron chi connectivity index (χ2n) is 19.2. The quantitative estimate of drug-likeness (QED) is 0.222. The molecule has 2 aromatic rings. The molecule has 0 bridgehead atoms. The van der Waals surface area contributed by atoms with E-state index in [2.05, 4.69) is 24.3 Å². The third-order valence-corrected chi connectivity index (χ3v) is 16.0. The Morgan fingerprint density at radius 3 is 1.48 bits per heavy atom. The van der Waals surface area contributed by atoms with Gasteiger partial charge in [0, 0.05) is 30.2 Å². The molecule has 10 rings (SSSR count). The monoisotopic (exact) mass is 794 g/mol. The largest absolute Gasteiger partial charge is 0.441 e. The summed E-state index contributed by atoms with van der Waals surface area (Å²) in [6.45, 7) is 1.21. The third kappa shape index (κ3) is 7.01. The normalized spacial score (nSPS) is 34.0. The Morgan fingerprint density at radius 2 is 0.983 bits per heavy atom. The molecule has 2 amide bonds. The first-order valence-electron chi connectivity index (χ1n) is 23.6. The predicted molar refractivity (Wildman–Crippen MR) is 219 cm³/mol. The van der Waals surface area contributed by atoms with Crippen molar-refractivity contribution in [2.24, 2.45) is 23.7 Å². The van der Waals surface area contributed by atoms with Crippen LogP contribution in [-0.4, -0.2) is 77.0 Å². The van der Waals surface area contributed by atoms with Crippen LogP contribution >= 0.6 is 0 Å². The van der Waals surface area contributed by atoms with E-state index in [1.54, 1.807) is 4.90 Å². The number of benzene rings is 2. The Balaban J connectivity index is 1.02. The fourth-order valence-electron chi connectivity index (χ4n) is 13.2. The van der Waals surface area contributed by atoms with Crippen molar-refractivity contribution >= 4 is 12.0 Å². The maximum Gasteiger partial charge on any atom is 0.411 e. The Hall–Kier alpha value is -2.98. The zero-order valence-corrected chi connectivity index (χ0v) is 34.6. The van der Waals surface area contributed by atoms with E-state index < -0.39 is 48.1 Å². The van der Waals surface area contributed by atoms with Crippen LogP contribution in [0, 0.1) is 23.7 Å². The summed E-state index contributed by atoms with van der Waals surface area (Å²) >= 11 is 0. The second kappa shape index (κ2) is 16.8. The molecule has 0 aromatic heterocycles. The van der Waals surface area contributed by atoms with Gasteiger partial charge in [0.25, 0.3) is 0 Å². The number of ether oxygens (including phenoxy) is 5. The molecule has 314 valence electrons. The SMILES string of the molecule is O=C1[C@@H](N2C(=O)O[C@H]([C@H]3COC(C4CCCCC4)(C4CCCCC4)O3)[C@H]2[C@H]2COC(C3CCCCC3)(C3CCCCC3)O2)[C@@H](c2ccccc2)N1Cc1ccccc1. The molecule has 4 aliphatic heterocycles. The van der Waals surface area contributed by atoms with Gasteiger partial charge in [-0.05, 0) is 62.5 Å².